The van der Waals surface area contributed by atoms with Crippen molar-refractivity contribution in [1.82, 2.24) is 0 Å². The summed E-state index contributed by atoms with van der Waals surface area (Å²) in [5, 5.41) is 10.5. The Balaban J connectivity index is 1.86. The van der Waals surface area contributed by atoms with E-state index in [1.54, 1.807) is 11.3 Å². The molecule has 0 amide bonds. The zero-order valence-electron chi connectivity index (χ0n) is 11.4. The maximum Gasteiger partial charge on any atom is 0.133 e. The van der Waals surface area contributed by atoms with Gasteiger partial charge in [0.2, 0.25) is 0 Å². The maximum atomic E-state index is 10.5. The highest BCUT2D eigenvalue weighted by molar-refractivity contribution is 9.10. The van der Waals surface area contributed by atoms with E-state index in [2.05, 4.69) is 22.0 Å². The van der Waals surface area contributed by atoms with Crippen molar-refractivity contribution in [3.05, 3.63) is 49.6 Å². The average molecular weight is 353 g/mol. The standard InChI is InChI=1S/C16H17BrO2S/c1-2-19-13-7-6-11(8-12(13)17)16(18)15-9-10-4-3-5-14(10)20-15/h6-9,16,18H,2-5H2,1H3. The molecule has 0 saturated carbocycles. The molecule has 0 saturated heterocycles. The van der Waals surface area contributed by atoms with E-state index in [9.17, 15) is 5.11 Å². The summed E-state index contributed by atoms with van der Waals surface area (Å²) in [6.07, 6.45) is 3.04. The second-order valence-electron chi connectivity index (χ2n) is 4.98. The van der Waals surface area contributed by atoms with E-state index in [-0.39, 0.29) is 0 Å². The van der Waals surface area contributed by atoms with Gasteiger partial charge in [-0.3, -0.25) is 0 Å². The quantitative estimate of drug-likeness (QED) is 0.878. The zero-order valence-corrected chi connectivity index (χ0v) is 13.8. The first-order chi connectivity index (χ1) is 9.69. The molecular formula is C16H17BrO2S. The van der Waals surface area contributed by atoms with Crippen LogP contribution in [0.2, 0.25) is 0 Å². The van der Waals surface area contributed by atoms with Gasteiger partial charge in [-0.25, -0.2) is 0 Å². The molecule has 0 bridgehead atoms. The minimum absolute atomic E-state index is 0.544. The lowest BCUT2D eigenvalue weighted by molar-refractivity contribution is 0.224. The van der Waals surface area contributed by atoms with Gasteiger partial charge in [-0.2, -0.15) is 0 Å². The van der Waals surface area contributed by atoms with Crippen molar-refractivity contribution < 1.29 is 9.84 Å². The third-order valence-electron chi connectivity index (χ3n) is 3.61. The topological polar surface area (TPSA) is 29.5 Å². The average Bonchev–Trinajstić information content (AvgIpc) is 3.01. The fraction of sp³-hybridized carbons (Fsp3) is 0.375. The highest BCUT2D eigenvalue weighted by Gasteiger charge is 2.20. The molecule has 3 rings (SSSR count). The molecule has 1 N–H and O–H groups in total. The third kappa shape index (κ3) is 2.65. The monoisotopic (exact) mass is 352 g/mol. The van der Waals surface area contributed by atoms with Crippen LogP contribution < -0.4 is 4.74 Å². The van der Waals surface area contributed by atoms with Crippen LogP contribution in [0.25, 0.3) is 0 Å². The normalized spacial score (nSPS) is 15.2. The first-order valence-corrected chi connectivity index (χ1v) is 8.51. The Labute approximate surface area is 131 Å². The van der Waals surface area contributed by atoms with Gasteiger partial charge >= 0.3 is 0 Å². The van der Waals surface area contributed by atoms with Gasteiger partial charge in [0.15, 0.2) is 0 Å². The van der Waals surface area contributed by atoms with Crippen LogP contribution in [0.1, 0.15) is 40.3 Å². The molecule has 20 heavy (non-hydrogen) atoms. The Bertz CT molecular complexity index is 599. The molecule has 1 aliphatic rings. The summed E-state index contributed by atoms with van der Waals surface area (Å²) in [6, 6.07) is 7.96. The lowest BCUT2D eigenvalue weighted by atomic mass is 10.1. The van der Waals surface area contributed by atoms with E-state index in [1.807, 2.05) is 25.1 Å². The summed E-state index contributed by atoms with van der Waals surface area (Å²) in [4.78, 5) is 2.50. The lowest BCUT2D eigenvalue weighted by Crippen LogP contribution is -1.99. The molecule has 1 atom stereocenters. The van der Waals surface area contributed by atoms with E-state index in [1.165, 1.54) is 23.3 Å². The number of ether oxygens (including phenoxy) is 1. The molecule has 0 aliphatic heterocycles. The summed E-state index contributed by atoms with van der Waals surface area (Å²) in [6.45, 7) is 2.60. The summed E-state index contributed by atoms with van der Waals surface area (Å²) in [7, 11) is 0. The molecule has 1 aromatic heterocycles. The van der Waals surface area contributed by atoms with Gasteiger partial charge in [-0.05, 0) is 71.4 Å². The first kappa shape index (κ1) is 14.1. The second kappa shape index (κ2) is 5.88. The summed E-state index contributed by atoms with van der Waals surface area (Å²) >= 11 is 5.25. The van der Waals surface area contributed by atoms with Gasteiger partial charge in [0.25, 0.3) is 0 Å². The van der Waals surface area contributed by atoms with Crippen molar-refractivity contribution in [1.29, 1.82) is 0 Å². The number of aryl methyl sites for hydroxylation is 2. The van der Waals surface area contributed by atoms with E-state index < -0.39 is 6.10 Å². The molecule has 2 aromatic rings. The van der Waals surface area contributed by atoms with Crippen LogP contribution in [-0.4, -0.2) is 11.7 Å². The van der Waals surface area contributed by atoms with E-state index in [0.29, 0.717) is 6.61 Å². The molecule has 1 unspecified atom stereocenters. The maximum absolute atomic E-state index is 10.5. The van der Waals surface area contributed by atoms with Crippen LogP contribution in [0.3, 0.4) is 0 Å². The van der Waals surface area contributed by atoms with Gasteiger partial charge in [0, 0.05) is 9.75 Å². The molecule has 106 valence electrons. The number of benzene rings is 1. The predicted octanol–water partition coefficient (Wildman–Crippen LogP) is 4.48. The fourth-order valence-electron chi connectivity index (χ4n) is 2.61. The molecule has 2 nitrogen and oxygen atoms in total. The largest absolute Gasteiger partial charge is 0.493 e. The molecule has 0 spiro atoms. The summed E-state index contributed by atoms with van der Waals surface area (Å²) in [5.74, 6) is 0.817. The van der Waals surface area contributed by atoms with Gasteiger partial charge in [0.1, 0.15) is 11.9 Å². The number of hydrogen-bond acceptors (Lipinski definition) is 3. The number of fused-ring (bicyclic) bond motifs is 1. The van der Waals surface area contributed by atoms with Crippen LogP contribution in [-0.2, 0) is 12.8 Å². The van der Waals surface area contributed by atoms with Crippen molar-refractivity contribution in [2.75, 3.05) is 6.61 Å². The highest BCUT2D eigenvalue weighted by atomic mass is 79.9. The number of aliphatic hydroxyl groups is 1. The van der Waals surface area contributed by atoms with Crippen molar-refractivity contribution >= 4 is 27.3 Å². The van der Waals surface area contributed by atoms with Crippen molar-refractivity contribution in [3.8, 4) is 5.75 Å². The van der Waals surface area contributed by atoms with Crippen LogP contribution in [0.5, 0.6) is 5.75 Å². The summed E-state index contributed by atoms with van der Waals surface area (Å²) < 4.78 is 6.39. The predicted molar refractivity (Wildman–Crippen MR) is 85.7 cm³/mol. The first-order valence-electron chi connectivity index (χ1n) is 6.91. The molecule has 0 radical (unpaired) electrons. The Kier molecular flexibility index (Phi) is 4.15. The van der Waals surface area contributed by atoms with Crippen molar-refractivity contribution in [2.45, 2.75) is 32.3 Å². The van der Waals surface area contributed by atoms with Crippen LogP contribution in [0.4, 0.5) is 0 Å². The molecule has 0 fully saturated rings. The Morgan fingerprint density at radius 1 is 1.35 bits per heavy atom. The minimum Gasteiger partial charge on any atom is -0.493 e. The van der Waals surface area contributed by atoms with Crippen molar-refractivity contribution in [3.63, 3.8) is 0 Å². The smallest absolute Gasteiger partial charge is 0.133 e. The van der Waals surface area contributed by atoms with E-state index in [4.69, 9.17) is 4.74 Å². The lowest BCUT2D eigenvalue weighted by Gasteiger charge is -2.12. The molecular weight excluding hydrogens is 336 g/mol. The van der Waals surface area contributed by atoms with Crippen molar-refractivity contribution in [2.24, 2.45) is 0 Å². The Morgan fingerprint density at radius 2 is 2.20 bits per heavy atom. The van der Waals surface area contributed by atoms with E-state index in [0.717, 1.165) is 27.1 Å². The molecule has 4 heteroatoms. The van der Waals surface area contributed by atoms with Gasteiger partial charge in [0.05, 0.1) is 11.1 Å². The fourth-order valence-corrected chi connectivity index (χ4v) is 4.39. The van der Waals surface area contributed by atoms with Crippen LogP contribution >= 0.6 is 27.3 Å². The van der Waals surface area contributed by atoms with Crippen LogP contribution in [0, 0.1) is 0 Å². The SMILES string of the molecule is CCOc1ccc(C(O)c2cc3c(s2)CCC3)cc1Br. The number of aliphatic hydroxyl groups excluding tert-OH is 1. The Hall–Kier alpha value is -0.840. The summed E-state index contributed by atoms with van der Waals surface area (Å²) in [5.41, 5.74) is 2.33. The van der Waals surface area contributed by atoms with E-state index >= 15 is 0 Å². The van der Waals surface area contributed by atoms with Gasteiger partial charge < -0.3 is 9.84 Å². The molecule has 1 aliphatic carbocycles. The minimum atomic E-state index is -0.544. The molecule has 1 heterocycles. The number of hydrogen-bond donors (Lipinski definition) is 1. The number of thiophene rings is 1. The highest BCUT2D eigenvalue weighted by Crippen LogP contribution is 2.37. The Morgan fingerprint density at radius 3 is 2.90 bits per heavy atom. The second-order valence-corrected chi connectivity index (χ2v) is 7.00. The third-order valence-corrected chi connectivity index (χ3v) is 5.52. The van der Waals surface area contributed by atoms with Gasteiger partial charge in [-0.1, -0.05) is 6.07 Å². The van der Waals surface area contributed by atoms with Gasteiger partial charge in [-0.15, -0.1) is 11.3 Å². The zero-order chi connectivity index (χ0) is 14.1. The molecule has 1 aromatic carbocycles. The number of rotatable bonds is 4. The number of halogens is 1. The van der Waals surface area contributed by atoms with Crippen LogP contribution in [0.15, 0.2) is 28.7 Å².